The van der Waals surface area contributed by atoms with Crippen molar-refractivity contribution in [3.05, 3.63) is 96.2 Å². The zero-order chi connectivity index (χ0) is 21.3. The fourth-order valence-corrected chi connectivity index (χ4v) is 3.63. The number of amides is 2. The summed E-state index contributed by atoms with van der Waals surface area (Å²) in [6.45, 7) is 5.89. The van der Waals surface area contributed by atoms with Gasteiger partial charge < -0.3 is 16.0 Å². The van der Waals surface area contributed by atoms with E-state index in [1.165, 1.54) is 0 Å². The van der Waals surface area contributed by atoms with Gasteiger partial charge in [0.15, 0.2) is 0 Å². The SMILES string of the molecule is C=C(C(=O)Nc1cccc(-c2ccc(C(N)=O)c3[nH]ccc23)c1C)c1ccccc1. The van der Waals surface area contributed by atoms with Gasteiger partial charge in [0.2, 0.25) is 0 Å². The Bertz CT molecular complexity index is 1290. The number of nitrogens with one attached hydrogen (secondary N) is 2. The Morgan fingerprint density at radius 2 is 1.70 bits per heavy atom. The summed E-state index contributed by atoms with van der Waals surface area (Å²) in [4.78, 5) is 27.6. The van der Waals surface area contributed by atoms with Crippen molar-refractivity contribution in [2.45, 2.75) is 6.92 Å². The lowest BCUT2D eigenvalue weighted by Crippen LogP contribution is -2.14. The number of hydrogen-bond acceptors (Lipinski definition) is 2. The summed E-state index contributed by atoms with van der Waals surface area (Å²) in [6, 6.07) is 20.6. The number of primary amides is 1. The third kappa shape index (κ3) is 3.37. The topological polar surface area (TPSA) is 88.0 Å². The van der Waals surface area contributed by atoms with E-state index < -0.39 is 5.91 Å². The number of benzene rings is 3. The van der Waals surface area contributed by atoms with Crippen molar-refractivity contribution in [2.75, 3.05) is 5.32 Å². The predicted molar refractivity (Wildman–Crippen MR) is 121 cm³/mol. The molecule has 5 nitrogen and oxygen atoms in total. The molecule has 0 aliphatic heterocycles. The number of nitrogens with two attached hydrogens (primary N) is 1. The Morgan fingerprint density at radius 3 is 2.43 bits per heavy atom. The maximum Gasteiger partial charge on any atom is 0.255 e. The molecule has 1 aromatic heterocycles. The number of H-pyrrole nitrogens is 1. The summed E-state index contributed by atoms with van der Waals surface area (Å²) in [5, 5.41) is 3.86. The smallest absolute Gasteiger partial charge is 0.255 e. The van der Waals surface area contributed by atoms with Crippen LogP contribution in [0.1, 0.15) is 21.5 Å². The molecule has 0 atom stereocenters. The highest BCUT2D eigenvalue weighted by atomic mass is 16.2. The van der Waals surface area contributed by atoms with Crippen LogP contribution in [0, 0.1) is 6.92 Å². The molecule has 1 heterocycles. The van der Waals surface area contributed by atoms with Crippen molar-refractivity contribution in [1.82, 2.24) is 4.98 Å². The summed E-state index contributed by atoms with van der Waals surface area (Å²) in [6.07, 6.45) is 1.78. The largest absolute Gasteiger partial charge is 0.366 e. The van der Waals surface area contributed by atoms with E-state index in [2.05, 4.69) is 16.9 Å². The van der Waals surface area contributed by atoms with Gasteiger partial charge in [0.1, 0.15) is 0 Å². The first-order valence-electron chi connectivity index (χ1n) is 9.53. The number of carbonyl (C=O) groups excluding carboxylic acids is 2. The second-order valence-corrected chi connectivity index (χ2v) is 7.07. The summed E-state index contributed by atoms with van der Waals surface area (Å²) in [5.41, 5.74) is 11.4. The fraction of sp³-hybridized carbons (Fsp3) is 0.0400. The number of anilines is 1. The van der Waals surface area contributed by atoms with Gasteiger partial charge >= 0.3 is 0 Å². The predicted octanol–water partition coefficient (Wildman–Crippen LogP) is 4.89. The Labute approximate surface area is 174 Å². The molecule has 4 N–H and O–H groups in total. The van der Waals surface area contributed by atoms with Crippen LogP contribution in [-0.2, 0) is 4.79 Å². The molecule has 0 saturated carbocycles. The number of fused-ring (bicyclic) bond motifs is 1. The molecule has 2 amide bonds. The molecule has 3 aromatic carbocycles. The first kappa shape index (κ1) is 19.2. The molecule has 148 valence electrons. The van der Waals surface area contributed by atoms with Crippen LogP contribution in [0.5, 0.6) is 0 Å². The van der Waals surface area contributed by atoms with E-state index in [4.69, 9.17) is 5.73 Å². The Balaban J connectivity index is 1.71. The molecule has 0 radical (unpaired) electrons. The maximum absolute atomic E-state index is 12.7. The number of hydrogen-bond donors (Lipinski definition) is 3. The molecule has 0 aliphatic carbocycles. The third-order valence-electron chi connectivity index (χ3n) is 5.26. The quantitative estimate of drug-likeness (QED) is 0.420. The summed E-state index contributed by atoms with van der Waals surface area (Å²) in [5.74, 6) is -0.733. The van der Waals surface area contributed by atoms with Crippen LogP contribution >= 0.6 is 0 Å². The molecule has 0 spiro atoms. The zero-order valence-corrected chi connectivity index (χ0v) is 16.5. The lowest BCUT2D eigenvalue weighted by Gasteiger charge is -2.15. The first-order valence-corrected chi connectivity index (χ1v) is 9.53. The Morgan fingerprint density at radius 1 is 0.933 bits per heavy atom. The lowest BCUT2D eigenvalue weighted by molar-refractivity contribution is -0.111. The van der Waals surface area contributed by atoms with E-state index >= 15 is 0 Å². The van der Waals surface area contributed by atoms with Crippen molar-refractivity contribution < 1.29 is 9.59 Å². The highest BCUT2D eigenvalue weighted by Gasteiger charge is 2.16. The zero-order valence-electron chi connectivity index (χ0n) is 16.5. The van der Waals surface area contributed by atoms with Crippen LogP contribution in [-0.4, -0.2) is 16.8 Å². The van der Waals surface area contributed by atoms with Gasteiger partial charge in [-0.2, -0.15) is 0 Å². The van der Waals surface area contributed by atoms with Crippen LogP contribution in [0.25, 0.3) is 27.6 Å². The molecule has 4 rings (SSSR count). The van der Waals surface area contributed by atoms with E-state index in [0.29, 0.717) is 22.3 Å². The summed E-state index contributed by atoms with van der Waals surface area (Å²) >= 11 is 0. The molecule has 0 unspecified atom stereocenters. The van der Waals surface area contributed by atoms with E-state index in [1.807, 2.05) is 67.6 Å². The second kappa shape index (κ2) is 7.72. The molecule has 4 aromatic rings. The molecule has 5 heteroatoms. The van der Waals surface area contributed by atoms with Crippen LogP contribution in [0.3, 0.4) is 0 Å². The Kier molecular flexibility index (Phi) is 4.94. The monoisotopic (exact) mass is 395 g/mol. The number of aromatic amines is 1. The second-order valence-electron chi connectivity index (χ2n) is 7.07. The van der Waals surface area contributed by atoms with Crippen LogP contribution in [0.2, 0.25) is 0 Å². The molecule has 0 fully saturated rings. The van der Waals surface area contributed by atoms with Crippen molar-refractivity contribution in [2.24, 2.45) is 5.73 Å². The standard InChI is InChI=1S/C25H21N3O2/c1-15(17-7-4-3-5-8-17)25(30)28-22-10-6-9-18(16(22)2)19-11-12-21(24(26)29)23-20(19)13-14-27-23/h3-14,27H,1H2,2H3,(H2,26,29)(H,28,30). The summed E-state index contributed by atoms with van der Waals surface area (Å²) in [7, 11) is 0. The average Bonchev–Trinajstić information content (AvgIpc) is 3.24. The van der Waals surface area contributed by atoms with E-state index in [0.717, 1.165) is 27.6 Å². The molecule has 0 aliphatic rings. The van der Waals surface area contributed by atoms with Crippen molar-refractivity contribution in [3.8, 4) is 11.1 Å². The number of rotatable bonds is 5. The third-order valence-corrected chi connectivity index (χ3v) is 5.26. The fourth-order valence-electron chi connectivity index (χ4n) is 3.63. The van der Waals surface area contributed by atoms with Gasteiger partial charge in [0, 0.05) is 22.8 Å². The lowest BCUT2D eigenvalue weighted by atomic mass is 9.94. The molecule has 0 bridgehead atoms. The minimum absolute atomic E-state index is 0.252. The molecular weight excluding hydrogens is 374 g/mol. The Hall–Kier alpha value is -4.12. The minimum Gasteiger partial charge on any atom is -0.366 e. The van der Waals surface area contributed by atoms with Gasteiger partial charge in [-0.05, 0) is 47.4 Å². The van der Waals surface area contributed by atoms with Crippen LogP contribution in [0.15, 0.2) is 79.5 Å². The van der Waals surface area contributed by atoms with E-state index in [1.54, 1.807) is 12.3 Å². The van der Waals surface area contributed by atoms with Gasteiger partial charge in [-0.25, -0.2) is 0 Å². The normalized spacial score (nSPS) is 10.7. The highest BCUT2D eigenvalue weighted by Crippen LogP contribution is 2.35. The molecular formula is C25H21N3O2. The van der Waals surface area contributed by atoms with Gasteiger partial charge in [0.05, 0.1) is 11.1 Å². The van der Waals surface area contributed by atoms with Crippen LogP contribution in [0.4, 0.5) is 5.69 Å². The van der Waals surface area contributed by atoms with E-state index in [-0.39, 0.29) is 5.91 Å². The minimum atomic E-state index is -0.480. The van der Waals surface area contributed by atoms with Gasteiger partial charge in [-0.15, -0.1) is 0 Å². The molecule has 0 saturated heterocycles. The van der Waals surface area contributed by atoms with E-state index in [9.17, 15) is 9.59 Å². The van der Waals surface area contributed by atoms with Gasteiger partial charge in [-0.1, -0.05) is 55.1 Å². The number of aromatic nitrogens is 1. The van der Waals surface area contributed by atoms with Crippen molar-refractivity contribution in [1.29, 1.82) is 0 Å². The molecule has 30 heavy (non-hydrogen) atoms. The van der Waals surface area contributed by atoms with Crippen molar-refractivity contribution >= 4 is 34.0 Å². The summed E-state index contributed by atoms with van der Waals surface area (Å²) < 4.78 is 0. The maximum atomic E-state index is 12.7. The average molecular weight is 395 g/mol. The van der Waals surface area contributed by atoms with Crippen molar-refractivity contribution in [3.63, 3.8) is 0 Å². The van der Waals surface area contributed by atoms with Gasteiger partial charge in [-0.3, -0.25) is 9.59 Å². The number of carbonyl (C=O) groups is 2. The van der Waals surface area contributed by atoms with Crippen LogP contribution < -0.4 is 11.1 Å². The highest BCUT2D eigenvalue weighted by molar-refractivity contribution is 6.24. The first-order chi connectivity index (χ1) is 14.5. The van der Waals surface area contributed by atoms with Gasteiger partial charge in [0.25, 0.3) is 11.8 Å².